The topological polar surface area (TPSA) is 75.7 Å². The van der Waals surface area contributed by atoms with E-state index in [1.807, 2.05) is 31.2 Å². The number of aryl methyl sites for hydroxylation is 1. The molecule has 0 bridgehead atoms. The van der Waals surface area contributed by atoms with Crippen molar-refractivity contribution < 1.29 is 17.9 Å². The smallest absolute Gasteiger partial charge is 0.261 e. The Labute approximate surface area is 153 Å². The Kier molecular flexibility index (Phi) is 5.18. The molecule has 2 aromatic carbocycles. The van der Waals surface area contributed by atoms with Gasteiger partial charge in [0.05, 0.1) is 11.9 Å². The van der Waals surface area contributed by atoms with Gasteiger partial charge in [-0.2, -0.15) is 0 Å². The molecule has 1 heterocycles. The molecule has 2 aromatic rings. The molecule has 1 atom stereocenters. The summed E-state index contributed by atoms with van der Waals surface area (Å²) < 4.78 is 31.3. The maximum Gasteiger partial charge on any atom is 0.261 e. The Bertz CT molecular complexity index is 911. The molecule has 0 saturated heterocycles. The van der Waals surface area contributed by atoms with Gasteiger partial charge < -0.3 is 10.1 Å². The number of hydrogen-bond donors (Lipinski definition) is 1. The first-order valence-corrected chi connectivity index (χ1v) is 10.3. The van der Waals surface area contributed by atoms with Gasteiger partial charge in [-0.05, 0) is 24.6 Å². The van der Waals surface area contributed by atoms with Crippen LogP contribution in [0.25, 0.3) is 0 Å². The molecule has 1 amide bonds. The molecule has 0 aromatic heterocycles. The molecule has 0 aliphatic carbocycles. The van der Waals surface area contributed by atoms with Crippen molar-refractivity contribution in [1.82, 2.24) is 5.32 Å². The summed E-state index contributed by atoms with van der Waals surface area (Å²) in [5.41, 5.74) is 2.59. The zero-order valence-corrected chi connectivity index (χ0v) is 15.6. The number of carbonyl (C=O) groups excluding carboxylic acids is 1. The van der Waals surface area contributed by atoms with Crippen LogP contribution in [0.3, 0.4) is 0 Å². The summed E-state index contributed by atoms with van der Waals surface area (Å²) >= 11 is 0. The number of benzene rings is 2. The van der Waals surface area contributed by atoms with Crippen LogP contribution in [0, 0.1) is 6.92 Å². The second-order valence-corrected chi connectivity index (χ2v) is 8.31. The number of nitrogens with zero attached hydrogens (tertiary/aromatic N) is 1. The van der Waals surface area contributed by atoms with Crippen molar-refractivity contribution in [2.24, 2.45) is 0 Å². The molecule has 1 aliphatic rings. The van der Waals surface area contributed by atoms with Gasteiger partial charge in [-0.1, -0.05) is 42.0 Å². The van der Waals surface area contributed by atoms with E-state index >= 15 is 0 Å². The number of amides is 1. The Morgan fingerprint density at radius 1 is 1.23 bits per heavy atom. The van der Waals surface area contributed by atoms with Gasteiger partial charge in [0.2, 0.25) is 10.0 Å². The molecule has 1 N–H and O–H groups in total. The maximum absolute atomic E-state index is 12.6. The minimum absolute atomic E-state index is 0.193. The lowest BCUT2D eigenvalue weighted by Gasteiger charge is -2.20. The minimum Gasteiger partial charge on any atom is -0.478 e. The average molecular weight is 374 g/mol. The van der Waals surface area contributed by atoms with Crippen molar-refractivity contribution in [3.8, 4) is 5.75 Å². The van der Waals surface area contributed by atoms with Crippen LogP contribution in [-0.4, -0.2) is 33.2 Å². The third-order valence-corrected chi connectivity index (χ3v) is 5.42. The third kappa shape index (κ3) is 4.16. The van der Waals surface area contributed by atoms with E-state index in [0.29, 0.717) is 18.0 Å². The summed E-state index contributed by atoms with van der Waals surface area (Å²) in [7, 11) is -3.45. The van der Waals surface area contributed by atoms with Gasteiger partial charge in [0.25, 0.3) is 5.91 Å². The lowest BCUT2D eigenvalue weighted by molar-refractivity contribution is -0.128. The number of hydrogen-bond acceptors (Lipinski definition) is 4. The molecule has 6 nitrogen and oxygen atoms in total. The second kappa shape index (κ2) is 7.37. The predicted octanol–water partition coefficient (Wildman–Crippen LogP) is 2.23. The highest BCUT2D eigenvalue weighted by Crippen LogP contribution is 2.33. The van der Waals surface area contributed by atoms with Crippen molar-refractivity contribution in [1.29, 1.82) is 0 Å². The fourth-order valence-electron chi connectivity index (χ4n) is 2.98. The molecular weight excluding hydrogens is 352 g/mol. The molecular formula is C19H22N2O4S. The summed E-state index contributed by atoms with van der Waals surface area (Å²) in [5.74, 6) is 0.141. The first kappa shape index (κ1) is 18.3. The number of carbonyl (C=O) groups is 1. The third-order valence-electron chi connectivity index (χ3n) is 4.24. The average Bonchev–Trinajstić information content (AvgIpc) is 2.79. The van der Waals surface area contributed by atoms with Crippen LogP contribution in [-0.2, 0) is 21.4 Å². The van der Waals surface area contributed by atoms with Gasteiger partial charge in [-0.15, -0.1) is 0 Å². The van der Waals surface area contributed by atoms with E-state index in [2.05, 4.69) is 5.32 Å². The molecule has 138 valence electrons. The standard InChI is InChI=1S/C19H22N2O4S/c1-14-6-5-7-15(12-14)13-20-19(22)18-10-11-21(26(2,23)24)16-8-3-4-9-17(16)25-18/h3-9,12,18H,10-11,13H2,1-2H3,(H,20,22)/t18-/m1/s1. The van der Waals surface area contributed by atoms with Gasteiger partial charge >= 0.3 is 0 Å². The van der Waals surface area contributed by atoms with E-state index in [1.165, 1.54) is 4.31 Å². The minimum atomic E-state index is -3.45. The molecule has 0 fully saturated rings. The molecule has 0 saturated carbocycles. The van der Waals surface area contributed by atoms with Crippen molar-refractivity contribution >= 4 is 21.6 Å². The lowest BCUT2D eigenvalue weighted by Crippen LogP contribution is -2.39. The quantitative estimate of drug-likeness (QED) is 0.890. The molecule has 3 rings (SSSR count). The second-order valence-electron chi connectivity index (χ2n) is 6.40. The van der Waals surface area contributed by atoms with Gasteiger partial charge in [0, 0.05) is 19.5 Å². The highest BCUT2D eigenvalue weighted by molar-refractivity contribution is 7.92. The van der Waals surface area contributed by atoms with Crippen LogP contribution in [0.5, 0.6) is 5.75 Å². The summed E-state index contributed by atoms with van der Waals surface area (Å²) in [6, 6.07) is 14.8. The number of nitrogens with one attached hydrogen (secondary N) is 1. The summed E-state index contributed by atoms with van der Waals surface area (Å²) in [5, 5.41) is 2.88. The number of rotatable bonds is 4. The first-order chi connectivity index (χ1) is 12.3. The zero-order chi connectivity index (χ0) is 18.7. The highest BCUT2D eigenvalue weighted by atomic mass is 32.2. The van der Waals surface area contributed by atoms with Crippen LogP contribution < -0.4 is 14.4 Å². The SMILES string of the molecule is Cc1cccc(CNC(=O)[C@H]2CCN(S(C)(=O)=O)c3ccccc3O2)c1. The Morgan fingerprint density at radius 2 is 2.00 bits per heavy atom. The van der Waals surface area contributed by atoms with Gasteiger partial charge in [-0.3, -0.25) is 9.10 Å². The number of ether oxygens (including phenoxy) is 1. The number of anilines is 1. The molecule has 0 spiro atoms. The van der Waals surface area contributed by atoms with Crippen LogP contribution in [0.4, 0.5) is 5.69 Å². The van der Waals surface area contributed by atoms with Gasteiger partial charge in [0.1, 0.15) is 5.75 Å². The molecule has 7 heteroatoms. The first-order valence-electron chi connectivity index (χ1n) is 8.41. The van der Waals surface area contributed by atoms with E-state index in [4.69, 9.17) is 4.74 Å². The van der Waals surface area contributed by atoms with Crippen LogP contribution >= 0.6 is 0 Å². The molecule has 0 radical (unpaired) electrons. The summed E-state index contributed by atoms with van der Waals surface area (Å²) in [6.07, 6.45) is 0.691. The highest BCUT2D eigenvalue weighted by Gasteiger charge is 2.30. The lowest BCUT2D eigenvalue weighted by atomic mass is 10.1. The van der Waals surface area contributed by atoms with Crippen LogP contribution in [0.2, 0.25) is 0 Å². The van der Waals surface area contributed by atoms with Crippen LogP contribution in [0.1, 0.15) is 17.5 Å². The van der Waals surface area contributed by atoms with E-state index in [0.717, 1.165) is 17.4 Å². The fraction of sp³-hybridized carbons (Fsp3) is 0.316. The van der Waals surface area contributed by atoms with Gasteiger partial charge in [-0.25, -0.2) is 8.42 Å². The Hall–Kier alpha value is -2.54. The van der Waals surface area contributed by atoms with Crippen molar-refractivity contribution in [3.05, 3.63) is 59.7 Å². The number of para-hydroxylation sites is 2. The van der Waals surface area contributed by atoms with E-state index in [1.54, 1.807) is 24.3 Å². The molecule has 1 aliphatic heterocycles. The van der Waals surface area contributed by atoms with Crippen molar-refractivity contribution in [2.75, 3.05) is 17.1 Å². The Morgan fingerprint density at radius 3 is 2.73 bits per heavy atom. The van der Waals surface area contributed by atoms with Crippen molar-refractivity contribution in [2.45, 2.75) is 26.0 Å². The molecule has 26 heavy (non-hydrogen) atoms. The summed E-state index contributed by atoms with van der Waals surface area (Å²) in [4.78, 5) is 12.6. The van der Waals surface area contributed by atoms with E-state index in [-0.39, 0.29) is 18.9 Å². The van der Waals surface area contributed by atoms with Crippen LogP contribution in [0.15, 0.2) is 48.5 Å². The largest absolute Gasteiger partial charge is 0.478 e. The van der Waals surface area contributed by atoms with E-state index < -0.39 is 16.1 Å². The fourth-order valence-corrected chi connectivity index (χ4v) is 3.93. The molecule has 0 unspecified atom stereocenters. The van der Waals surface area contributed by atoms with E-state index in [9.17, 15) is 13.2 Å². The zero-order valence-electron chi connectivity index (χ0n) is 14.8. The number of sulfonamides is 1. The Balaban J connectivity index is 1.75. The van der Waals surface area contributed by atoms with Gasteiger partial charge in [0.15, 0.2) is 6.10 Å². The number of fused-ring (bicyclic) bond motifs is 1. The monoisotopic (exact) mass is 374 g/mol. The summed E-state index contributed by atoms with van der Waals surface area (Å²) in [6.45, 7) is 2.59. The predicted molar refractivity (Wildman–Crippen MR) is 101 cm³/mol. The van der Waals surface area contributed by atoms with Crippen molar-refractivity contribution in [3.63, 3.8) is 0 Å². The normalized spacial score (nSPS) is 17.0. The maximum atomic E-state index is 12.6.